The van der Waals surface area contributed by atoms with Gasteiger partial charge in [0.2, 0.25) is 0 Å². The Hall–Kier alpha value is -3.14. The van der Waals surface area contributed by atoms with Gasteiger partial charge in [0, 0.05) is 30.1 Å². The second-order valence-corrected chi connectivity index (χ2v) is 5.66. The van der Waals surface area contributed by atoms with Gasteiger partial charge in [-0.25, -0.2) is 9.37 Å². The first-order chi connectivity index (χ1) is 11.8. The summed E-state index contributed by atoms with van der Waals surface area (Å²) in [5, 5.41) is 0. The number of imidazole rings is 1. The first-order valence-electron chi connectivity index (χ1n) is 7.79. The van der Waals surface area contributed by atoms with E-state index in [2.05, 4.69) is 26.7 Å². The number of aromatic nitrogens is 3. The highest BCUT2D eigenvalue weighted by Gasteiger charge is 2.15. The molecule has 3 nitrogen and oxygen atoms in total. The summed E-state index contributed by atoms with van der Waals surface area (Å²) in [5.41, 5.74) is 5.04. The molecule has 0 fully saturated rings. The Bertz CT molecular complexity index is 923. The molecule has 2 aromatic heterocycles. The van der Waals surface area contributed by atoms with Crippen LogP contribution in [-0.2, 0) is 6.54 Å². The maximum Gasteiger partial charge on any atom is 0.123 e. The van der Waals surface area contributed by atoms with Crippen LogP contribution in [0.3, 0.4) is 0 Å². The van der Waals surface area contributed by atoms with E-state index in [0.717, 1.165) is 29.1 Å². The second kappa shape index (κ2) is 6.16. The van der Waals surface area contributed by atoms with Crippen molar-refractivity contribution in [2.24, 2.45) is 0 Å². The molecule has 0 radical (unpaired) electrons. The number of aromatic amines is 1. The lowest BCUT2D eigenvalue weighted by Gasteiger charge is -2.09. The van der Waals surface area contributed by atoms with E-state index in [4.69, 9.17) is 0 Å². The zero-order valence-electron chi connectivity index (χ0n) is 13.0. The van der Waals surface area contributed by atoms with Gasteiger partial charge in [-0.15, -0.1) is 0 Å². The van der Waals surface area contributed by atoms with Gasteiger partial charge in [0.15, 0.2) is 0 Å². The highest BCUT2D eigenvalue weighted by atomic mass is 19.1. The molecule has 4 aromatic rings. The Morgan fingerprint density at radius 2 is 1.71 bits per heavy atom. The predicted molar refractivity (Wildman–Crippen MR) is 93.0 cm³/mol. The molecule has 2 aromatic carbocycles. The van der Waals surface area contributed by atoms with Crippen LogP contribution >= 0.6 is 0 Å². The fourth-order valence-electron chi connectivity index (χ4n) is 2.88. The minimum absolute atomic E-state index is 0.245. The van der Waals surface area contributed by atoms with Crippen molar-refractivity contribution in [2.75, 3.05) is 0 Å². The monoisotopic (exact) mass is 317 g/mol. The molecule has 24 heavy (non-hydrogen) atoms. The summed E-state index contributed by atoms with van der Waals surface area (Å²) in [6, 6.07) is 18.7. The molecule has 0 aliphatic rings. The summed E-state index contributed by atoms with van der Waals surface area (Å²) in [6.45, 7) is 0.732. The van der Waals surface area contributed by atoms with Crippen molar-refractivity contribution in [3.63, 3.8) is 0 Å². The summed E-state index contributed by atoms with van der Waals surface area (Å²) in [7, 11) is 0. The first-order valence-corrected chi connectivity index (χ1v) is 7.79. The maximum atomic E-state index is 13.2. The largest absolute Gasteiger partial charge is 0.367 e. The van der Waals surface area contributed by atoms with Gasteiger partial charge in [0.05, 0.1) is 17.7 Å². The van der Waals surface area contributed by atoms with Gasteiger partial charge in [-0.05, 0) is 35.9 Å². The third-order valence-corrected chi connectivity index (χ3v) is 4.02. The molecule has 0 amide bonds. The number of rotatable bonds is 4. The Labute approximate surface area is 139 Å². The number of benzene rings is 2. The van der Waals surface area contributed by atoms with Crippen LogP contribution in [0.5, 0.6) is 0 Å². The van der Waals surface area contributed by atoms with Crippen molar-refractivity contribution in [1.82, 2.24) is 14.5 Å². The zero-order chi connectivity index (χ0) is 16.4. The van der Waals surface area contributed by atoms with E-state index in [-0.39, 0.29) is 5.82 Å². The van der Waals surface area contributed by atoms with Crippen LogP contribution in [0.1, 0.15) is 5.56 Å². The topological polar surface area (TPSA) is 33.6 Å². The number of nitrogens with zero attached hydrogens (tertiary/aromatic N) is 2. The Morgan fingerprint density at radius 3 is 2.42 bits per heavy atom. The molecule has 0 spiro atoms. The van der Waals surface area contributed by atoms with Gasteiger partial charge >= 0.3 is 0 Å². The van der Waals surface area contributed by atoms with Crippen molar-refractivity contribution in [2.45, 2.75) is 6.54 Å². The molecule has 0 atom stereocenters. The Kier molecular flexibility index (Phi) is 3.71. The van der Waals surface area contributed by atoms with Crippen molar-refractivity contribution in [1.29, 1.82) is 0 Å². The van der Waals surface area contributed by atoms with Crippen LogP contribution in [0.15, 0.2) is 79.4 Å². The molecule has 1 N–H and O–H groups in total. The van der Waals surface area contributed by atoms with Crippen molar-refractivity contribution < 1.29 is 4.39 Å². The molecule has 0 unspecified atom stereocenters. The summed E-state index contributed by atoms with van der Waals surface area (Å²) >= 11 is 0. The van der Waals surface area contributed by atoms with Crippen LogP contribution in [-0.4, -0.2) is 14.5 Å². The molecule has 118 valence electrons. The minimum Gasteiger partial charge on any atom is -0.367 e. The third-order valence-electron chi connectivity index (χ3n) is 4.02. The van der Waals surface area contributed by atoms with Crippen LogP contribution in [0.4, 0.5) is 4.39 Å². The van der Waals surface area contributed by atoms with Gasteiger partial charge in [-0.1, -0.05) is 30.3 Å². The Morgan fingerprint density at radius 1 is 0.917 bits per heavy atom. The third kappa shape index (κ3) is 2.74. The van der Waals surface area contributed by atoms with Crippen molar-refractivity contribution in [3.05, 3.63) is 90.8 Å². The van der Waals surface area contributed by atoms with Crippen molar-refractivity contribution >= 4 is 0 Å². The van der Waals surface area contributed by atoms with Gasteiger partial charge < -0.3 is 9.55 Å². The number of hydrogen-bond donors (Lipinski definition) is 1. The number of hydrogen-bond acceptors (Lipinski definition) is 1. The van der Waals surface area contributed by atoms with Gasteiger partial charge in [0.1, 0.15) is 5.82 Å². The summed E-state index contributed by atoms with van der Waals surface area (Å²) in [6.07, 6.45) is 5.68. The standard InChI is InChI=1S/C20H16FN3/c21-18-8-6-16(7-9-18)19-20(17-10-11-22-12-17)24(14-23-19)13-15-4-2-1-3-5-15/h1-12,14,22H,13H2. The van der Waals surface area contributed by atoms with E-state index in [1.54, 1.807) is 12.1 Å². The lowest BCUT2D eigenvalue weighted by molar-refractivity contribution is 0.628. The molecule has 0 saturated carbocycles. The van der Waals surface area contributed by atoms with Crippen LogP contribution in [0.25, 0.3) is 22.5 Å². The highest BCUT2D eigenvalue weighted by Crippen LogP contribution is 2.31. The SMILES string of the molecule is Fc1ccc(-c2ncn(Cc3ccccc3)c2-c2cc[nH]c2)cc1. The van der Waals surface area contributed by atoms with Gasteiger partial charge in [-0.2, -0.15) is 0 Å². The lowest BCUT2D eigenvalue weighted by Crippen LogP contribution is -2.00. The molecule has 0 bridgehead atoms. The smallest absolute Gasteiger partial charge is 0.123 e. The van der Waals surface area contributed by atoms with Crippen LogP contribution in [0.2, 0.25) is 0 Å². The van der Waals surface area contributed by atoms with Gasteiger partial charge in [-0.3, -0.25) is 0 Å². The highest BCUT2D eigenvalue weighted by molar-refractivity contribution is 5.78. The van der Waals surface area contributed by atoms with E-state index in [9.17, 15) is 4.39 Å². The fourth-order valence-corrected chi connectivity index (χ4v) is 2.88. The number of H-pyrrole nitrogens is 1. The van der Waals surface area contributed by atoms with E-state index in [0.29, 0.717) is 0 Å². The van der Waals surface area contributed by atoms with E-state index >= 15 is 0 Å². The quantitative estimate of drug-likeness (QED) is 0.580. The van der Waals surface area contributed by atoms with Gasteiger partial charge in [0.25, 0.3) is 0 Å². The fraction of sp³-hybridized carbons (Fsp3) is 0.0500. The molecule has 0 saturated heterocycles. The molecule has 0 aliphatic carbocycles. The maximum absolute atomic E-state index is 13.2. The average molecular weight is 317 g/mol. The molecule has 0 aliphatic heterocycles. The average Bonchev–Trinajstić information content (AvgIpc) is 3.26. The van der Waals surface area contributed by atoms with E-state index in [1.165, 1.54) is 17.7 Å². The number of halogens is 1. The Balaban J connectivity index is 1.82. The summed E-state index contributed by atoms with van der Waals surface area (Å²) in [4.78, 5) is 7.69. The summed E-state index contributed by atoms with van der Waals surface area (Å²) < 4.78 is 15.4. The lowest BCUT2D eigenvalue weighted by atomic mass is 10.1. The predicted octanol–water partition coefficient (Wildman–Crippen LogP) is 4.73. The van der Waals surface area contributed by atoms with E-state index < -0.39 is 0 Å². The minimum atomic E-state index is -0.245. The second-order valence-electron chi connectivity index (χ2n) is 5.66. The zero-order valence-corrected chi connectivity index (χ0v) is 13.0. The molecule has 4 heteroatoms. The first kappa shape index (κ1) is 14.5. The van der Waals surface area contributed by atoms with Crippen LogP contribution in [0, 0.1) is 5.82 Å². The molecule has 4 rings (SSSR count). The van der Waals surface area contributed by atoms with Crippen LogP contribution < -0.4 is 0 Å². The normalized spacial score (nSPS) is 10.9. The molecular formula is C20H16FN3. The molecular weight excluding hydrogens is 301 g/mol. The van der Waals surface area contributed by atoms with Crippen molar-refractivity contribution in [3.8, 4) is 22.5 Å². The number of nitrogens with one attached hydrogen (secondary N) is 1. The van der Waals surface area contributed by atoms with E-state index in [1.807, 2.05) is 43.0 Å². The summed E-state index contributed by atoms with van der Waals surface area (Å²) in [5.74, 6) is -0.245. The molecule has 2 heterocycles.